The molecule has 1 fully saturated rings. The summed E-state index contributed by atoms with van der Waals surface area (Å²) in [6, 6.07) is 4.00. The molecule has 1 amide bonds. The molecule has 0 bridgehead atoms. The summed E-state index contributed by atoms with van der Waals surface area (Å²) in [5, 5.41) is 31.3. The number of nitrogens with zero attached hydrogens (tertiary/aromatic N) is 1. The number of rotatable bonds is 14. The highest BCUT2D eigenvalue weighted by Gasteiger charge is 2.39. The molecule has 12 heteroatoms. The quantitative estimate of drug-likeness (QED) is 0.117. The van der Waals surface area contributed by atoms with Crippen LogP contribution in [-0.2, 0) is 30.8 Å². The summed E-state index contributed by atoms with van der Waals surface area (Å²) in [7, 11) is -3.90. The number of amides is 1. The van der Waals surface area contributed by atoms with E-state index in [2.05, 4.69) is 15.9 Å². The summed E-state index contributed by atoms with van der Waals surface area (Å²) in [5.74, 6) is -1.75. The van der Waals surface area contributed by atoms with Gasteiger partial charge >= 0.3 is 5.97 Å². The van der Waals surface area contributed by atoms with Crippen molar-refractivity contribution < 1.29 is 38.1 Å². The number of carbonyl (C=O) groups excluding carboxylic acids is 2. The molecule has 0 aliphatic heterocycles. The van der Waals surface area contributed by atoms with E-state index < -0.39 is 52.4 Å². The number of aliphatic hydroxyl groups is 3. The number of aliphatic hydroxyl groups excluding tert-OH is 3. The molecule has 0 unspecified atom stereocenters. The highest BCUT2D eigenvalue weighted by atomic mass is 79.9. The molecular formula is C28H42BrNO8S2. The topological polar surface area (TPSA) is 141 Å². The van der Waals surface area contributed by atoms with Gasteiger partial charge in [0.15, 0.2) is 6.73 Å². The third-order valence-corrected chi connectivity index (χ3v) is 9.52. The molecule has 2 rings (SSSR count). The Morgan fingerprint density at radius 1 is 1.23 bits per heavy atom. The number of ether oxygens (including phenoxy) is 1. The molecule has 40 heavy (non-hydrogen) atoms. The van der Waals surface area contributed by atoms with Gasteiger partial charge in [0.05, 0.1) is 33.8 Å². The van der Waals surface area contributed by atoms with Crippen LogP contribution in [0.15, 0.2) is 40.2 Å². The van der Waals surface area contributed by atoms with Crippen LogP contribution < -0.4 is 0 Å². The standard InChI is InChI=1S/C28H42BrNO8S2/c1-28(2,3)27(35)38-18-30(40(4,36)37)26(34)10-8-6-5-7-9-21-22(24(33)17-23(21)32)15-12-19(31)11-13-20-14-16-25(29)39-20/h5,7,12,14-16,19,21-24,31-33H,6,8-11,13,17-18H2,1-4H3/t19-,21+,22+,23-,24+/m0/s1. The maximum atomic E-state index is 12.5. The molecule has 226 valence electrons. The van der Waals surface area contributed by atoms with Gasteiger partial charge in [-0.1, -0.05) is 24.3 Å². The minimum absolute atomic E-state index is 0.0408. The number of aryl methyl sites for hydroxylation is 1. The summed E-state index contributed by atoms with van der Waals surface area (Å²) in [6.45, 7) is 4.25. The predicted octanol–water partition coefficient (Wildman–Crippen LogP) is 4.17. The molecule has 1 heterocycles. The second-order valence-electron chi connectivity index (χ2n) is 11.2. The van der Waals surface area contributed by atoms with Crippen LogP contribution >= 0.6 is 27.3 Å². The van der Waals surface area contributed by atoms with E-state index in [0.717, 1.165) is 16.5 Å². The van der Waals surface area contributed by atoms with Crippen molar-refractivity contribution in [3.63, 3.8) is 0 Å². The lowest BCUT2D eigenvalue weighted by atomic mass is 9.89. The first-order valence-electron chi connectivity index (χ1n) is 13.4. The number of hydrogen-bond acceptors (Lipinski definition) is 9. The molecule has 0 aromatic carbocycles. The minimum atomic E-state index is -3.90. The van der Waals surface area contributed by atoms with Crippen LogP contribution in [0.2, 0.25) is 0 Å². The Hall–Kier alpha value is -1.57. The van der Waals surface area contributed by atoms with Crippen molar-refractivity contribution in [2.24, 2.45) is 17.3 Å². The van der Waals surface area contributed by atoms with Gasteiger partial charge < -0.3 is 20.1 Å². The van der Waals surface area contributed by atoms with Crippen LogP contribution in [0, 0.1) is 17.3 Å². The van der Waals surface area contributed by atoms with Crippen LogP contribution in [0.3, 0.4) is 0 Å². The number of hydrogen-bond donors (Lipinski definition) is 3. The van der Waals surface area contributed by atoms with Crippen molar-refractivity contribution in [3.8, 4) is 0 Å². The normalized spacial score (nSPS) is 22.7. The first kappa shape index (κ1) is 34.6. The number of allylic oxidation sites excluding steroid dienone is 2. The number of esters is 1. The molecule has 1 aromatic heterocycles. The lowest BCUT2D eigenvalue weighted by molar-refractivity contribution is -0.157. The Kier molecular flexibility index (Phi) is 13.5. The van der Waals surface area contributed by atoms with E-state index in [1.165, 1.54) is 4.88 Å². The molecule has 9 nitrogen and oxygen atoms in total. The highest BCUT2D eigenvalue weighted by Crippen LogP contribution is 2.36. The van der Waals surface area contributed by atoms with Gasteiger partial charge in [0.2, 0.25) is 15.9 Å². The molecule has 1 saturated carbocycles. The van der Waals surface area contributed by atoms with Gasteiger partial charge in [-0.2, -0.15) is 0 Å². The van der Waals surface area contributed by atoms with Crippen LogP contribution in [0.5, 0.6) is 0 Å². The van der Waals surface area contributed by atoms with Crippen molar-refractivity contribution >= 4 is 49.2 Å². The Morgan fingerprint density at radius 3 is 2.52 bits per heavy atom. The first-order valence-corrected chi connectivity index (χ1v) is 16.8. The van der Waals surface area contributed by atoms with E-state index in [1.807, 2.05) is 24.3 Å². The van der Waals surface area contributed by atoms with Gasteiger partial charge in [-0.05, 0) is 86.9 Å². The zero-order valence-electron chi connectivity index (χ0n) is 23.5. The monoisotopic (exact) mass is 663 g/mol. The summed E-state index contributed by atoms with van der Waals surface area (Å²) in [5.41, 5.74) is -0.823. The molecule has 1 aliphatic rings. The predicted molar refractivity (Wildman–Crippen MR) is 159 cm³/mol. The van der Waals surface area contributed by atoms with Crippen molar-refractivity contribution in [1.29, 1.82) is 0 Å². The smallest absolute Gasteiger partial charge is 0.312 e. The average molecular weight is 665 g/mol. The molecule has 0 saturated heterocycles. The number of carbonyl (C=O) groups is 2. The number of thiophene rings is 1. The fraction of sp³-hybridized carbons (Fsp3) is 0.643. The maximum Gasteiger partial charge on any atom is 0.312 e. The summed E-state index contributed by atoms with van der Waals surface area (Å²) in [4.78, 5) is 25.7. The van der Waals surface area contributed by atoms with E-state index in [1.54, 1.807) is 44.3 Å². The lowest BCUT2D eigenvalue weighted by Crippen LogP contribution is -2.39. The molecule has 1 aliphatic carbocycles. The third-order valence-electron chi connectivity index (χ3n) is 6.73. The molecule has 0 spiro atoms. The van der Waals surface area contributed by atoms with Gasteiger partial charge in [0.25, 0.3) is 0 Å². The van der Waals surface area contributed by atoms with Crippen LogP contribution in [-0.4, -0.2) is 71.2 Å². The van der Waals surface area contributed by atoms with E-state index in [4.69, 9.17) is 4.74 Å². The Balaban J connectivity index is 1.82. The molecule has 0 radical (unpaired) electrons. The van der Waals surface area contributed by atoms with E-state index >= 15 is 0 Å². The summed E-state index contributed by atoms with van der Waals surface area (Å²) in [6.07, 6.45) is 9.08. The number of sulfonamides is 1. The van der Waals surface area contributed by atoms with E-state index in [0.29, 0.717) is 30.0 Å². The zero-order chi connectivity index (χ0) is 30.1. The molecular weight excluding hydrogens is 622 g/mol. The third kappa shape index (κ3) is 11.4. The minimum Gasteiger partial charge on any atom is -0.443 e. The molecule has 5 atom stereocenters. The Labute approximate surface area is 250 Å². The largest absolute Gasteiger partial charge is 0.443 e. The number of halogens is 1. The van der Waals surface area contributed by atoms with Gasteiger partial charge in [-0.3, -0.25) is 9.59 Å². The van der Waals surface area contributed by atoms with E-state index in [-0.39, 0.29) is 24.7 Å². The van der Waals surface area contributed by atoms with E-state index in [9.17, 15) is 33.3 Å². The van der Waals surface area contributed by atoms with Crippen molar-refractivity contribution in [3.05, 3.63) is 45.1 Å². The van der Waals surface area contributed by atoms with Gasteiger partial charge in [0, 0.05) is 23.6 Å². The van der Waals surface area contributed by atoms with Crippen molar-refractivity contribution in [2.45, 2.75) is 84.0 Å². The second-order valence-corrected chi connectivity index (χ2v) is 15.7. The van der Waals surface area contributed by atoms with Crippen molar-refractivity contribution in [2.75, 3.05) is 13.0 Å². The fourth-order valence-electron chi connectivity index (χ4n) is 4.39. The Bertz CT molecular complexity index is 1140. The van der Waals surface area contributed by atoms with Crippen LogP contribution in [0.25, 0.3) is 0 Å². The fourth-order valence-corrected chi connectivity index (χ4v) is 6.59. The average Bonchev–Trinajstić information content (AvgIpc) is 3.38. The lowest BCUT2D eigenvalue weighted by Gasteiger charge is -2.23. The molecule has 3 N–H and O–H groups in total. The van der Waals surface area contributed by atoms with Gasteiger partial charge in [-0.15, -0.1) is 11.3 Å². The van der Waals surface area contributed by atoms with Crippen LogP contribution in [0.1, 0.15) is 64.2 Å². The first-order chi connectivity index (χ1) is 18.6. The van der Waals surface area contributed by atoms with Gasteiger partial charge in [-0.25, -0.2) is 12.7 Å². The molecule has 1 aromatic rings. The van der Waals surface area contributed by atoms with Crippen molar-refractivity contribution in [1.82, 2.24) is 4.31 Å². The zero-order valence-corrected chi connectivity index (χ0v) is 26.8. The number of unbranched alkanes of at least 4 members (excludes halogenated alkanes) is 1. The summed E-state index contributed by atoms with van der Waals surface area (Å²) >= 11 is 5.07. The van der Waals surface area contributed by atoms with Crippen LogP contribution in [0.4, 0.5) is 0 Å². The summed E-state index contributed by atoms with van der Waals surface area (Å²) < 4.78 is 30.7. The Morgan fingerprint density at radius 2 is 1.93 bits per heavy atom. The maximum absolute atomic E-state index is 12.5. The second kappa shape index (κ2) is 15.6. The highest BCUT2D eigenvalue weighted by molar-refractivity contribution is 9.11. The SMILES string of the molecule is CC(C)(C)C(=O)OCN(C(=O)CCCC=CC[C@@H]1[C@@H](C=C[C@@H](O)CCc2ccc(Br)s2)[C@H](O)C[C@@H]1O)S(C)(=O)=O. The van der Waals surface area contributed by atoms with Gasteiger partial charge in [0.1, 0.15) is 0 Å².